The van der Waals surface area contributed by atoms with Crippen LogP contribution in [0.25, 0.3) is 11.6 Å². The number of hydrogen-bond donors (Lipinski definition) is 1. The maximum Gasteiger partial charge on any atom is 0.271 e. The summed E-state index contributed by atoms with van der Waals surface area (Å²) in [6, 6.07) is 5.87. The van der Waals surface area contributed by atoms with Gasteiger partial charge in [-0.2, -0.15) is 0 Å². The van der Waals surface area contributed by atoms with Crippen molar-refractivity contribution in [3.05, 3.63) is 43.3 Å². The van der Waals surface area contributed by atoms with Crippen LogP contribution in [0, 0.1) is 0 Å². The predicted molar refractivity (Wildman–Crippen MR) is 89.1 cm³/mol. The van der Waals surface area contributed by atoms with E-state index in [0.29, 0.717) is 6.54 Å². The number of hydrogen-bond acceptors (Lipinski definition) is 5. The normalized spacial score (nSPS) is 16.4. The van der Waals surface area contributed by atoms with Crippen molar-refractivity contribution in [2.75, 3.05) is 11.9 Å². The molecule has 0 spiro atoms. The Balaban J connectivity index is 2.22. The molecule has 3 rings (SSSR count). The number of fused-ring (bicyclic) bond motifs is 1. The van der Waals surface area contributed by atoms with E-state index in [1.807, 2.05) is 37.1 Å². The number of rotatable bonds is 2. The van der Waals surface area contributed by atoms with Crippen molar-refractivity contribution < 1.29 is 5.11 Å². The van der Waals surface area contributed by atoms with E-state index < -0.39 is 0 Å². The zero-order valence-electron chi connectivity index (χ0n) is 11.9. The quantitative estimate of drug-likeness (QED) is 0.901. The maximum atomic E-state index is 12.5. The molecule has 2 aromatic rings. The Morgan fingerprint density at radius 2 is 2.14 bits per heavy atom. The number of aliphatic hydroxyl groups excluding tert-OH is 1. The number of thioether (sulfide) groups is 1. The van der Waals surface area contributed by atoms with E-state index in [-0.39, 0.29) is 12.2 Å². The molecule has 1 aliphatic heterocycles. The molecule has 0 saturated heterocycles. The third-order valence-corrected chi connectivity index (χ3v) is 5.94. The Kier molecular flexibility index (Phi) is 3.69. The van der Waals surface area contributed by atoms with E-state index in [1.165, 1.54) is 11.3 Å². The molecule has 21 heavy (non-hydrogen) atoms. The molecule has 1 N–H and O–H groups in total. The number of nitrogens with zero attached hydrogens (tertiary/aromatic N) is 2. The van der Waals surface area contributed by atoms with Gasteiger partial charge in [-0.3, -0.25) is 9.36 Å². The van der Waals surface area contributed by atoms with Crippen LogP contribution in [0.15, 0.2) is 27.9 Å². The van der Waals surface area contributed by atoms with Crippen LogP contribution in [0.1, 0.15) is 12.5 Å². The summed E-state index contributed by atoms with van der Waals surface area (Å²) < 4.78 is 3.21. The molecule has 0 bridgehead atoms. The largest absolute Gasteiger partial charge is 0.392 e. The van der Waals surface area contributed by atoms with Crippen molar-refractivity contribution in [3.8, 4) is 0 Å². The summed E-state index contributed by atoms with van der Waals surface area (Å²) in [5, 5.41) is 10.2. The fourth-order valence-electron chi connectivity index (χ4n) is 2.40. The van der Waals surface area contributed by atoms with Crippen molar-refractivity contribution in [1.82, 2.24) is 4.57 Å². The van der Waals surface area contributed by atoms with Crippen LogP contribution < -0.4 is 19.7 Å². The lowest BCUT2D eigenvalue weighted by molar-refractivity contribution is 0.282. The monoisotopic (exact) mass is 320 g/mol. The first kappa shape index (κ1) is 14.4. The average Bonchev–Trinajstić information content (AvgIpc) is 2.96. The molecule has 0 atom stereocenters. The highest BCUT2D eigenvalue weighted by molar-refractivity contribution is 8.08. The highest BCUT2D eigenvalue weighted by atomic mass is 32.2. The topological polar surface area (TPSA) is 45.5 Å². The highest BCUT2D eigenvalue weighted by Crippen LogP contribution is 2.45. The molecule has 4 nitrogen and oxygen atoms in total. The predicted octanol–water partition coefficient (Wildman–Crippen LogP) is 1.14. The second-order valence-electron chi connectivity index (χ2n) is 4.80. The molecule has 1 aromatic heterocycles. The van der Waals surface area contributed by atoms with Gasteiger partial charge in [0.2, 0.25) is 0 Å². The Morgan fingerprint density at radius 3 is 2.76 bits per heavy atom. The number of thiazole rings is 1. The summed E-state index contributed by atoms with van der Waals surface area (Å²) in [5.74, 6) is 0. The van der Waals surface area contributed by atoms with E-state index in [9.17, 15) is 9.90 Å². The van der Waals surface area contributed by atoms with Crippen LogP contribution in [-0.4, -0.2) is 16.7 Å². The molecule has 110 valence electrons. The molecule has 6 heteroatoms. The summed E-state index contributed by atoms with van der Waals surface area (Å²) in [6.07, 6.45) is 0. The first-order valence-corrected chi connectivity index (χ1v) is 8.28. The molecule has 2 heterocycles. The van der Waals surface area contributed by atoms with Crippen LogP contribution in [0.2, 0.25) is 0 Å². The van der Waals surface area contributed by atoms with Gasteiger partial charge in [0, 0.05) is 18.5 Å². The Hall–Kier alpha value is -1.50. The molecule has 0 aliphatic carbocycles. The van der Waals surface area contributed by atoms with Crippen LogP contribution in [-0.2, 0) is 13.2 Å². The maximum absolute atomic E-state index is 12.5. The SMILES string of the molecule is C=c1s/c(=C2\Sc3ccc(CO)cc3N2C)c(=O)n1CC. The highest BCUT2D eigenvalue weighted by Gasteiger charge is 2.24. The number of benzene rings is 1. The van der Waals surface area contributed by atoms with Gasteiger partial charge in [-0.1, -0.05) is 24.4 Å². The second kappa shape index (κ2) is 5.36. The van der Waals surface area contributed by atoms with E-state index in [1.54, 1.807) is 16.3 Å². The molecule has 1 aliphatic rings. The Bertz CT molecular complexity index is 867. The zero-order valence-corrected chi connectivity index (χ0v) is 13.6. The van der Waals surface area contributed by atoms with Gasteiger partial charge in [-0.05, 0) is 24.6 Å². The van der Waals surface area contributed by atoms with Gasteiger partial charge in [-0.15, -0.1) is 11.3 Å². The molecule has 0 unspecified atom stereocenters. The first-order chi connectivity index (χ1) is 10.1. The molecule has 0 saturated carbocycles. The summed E-state index contributed by atoms with van der Waals surface area (Å²) in [6.45, 7) is 6.56. The minimum Gasteiger partial charge on any atom is -0.392 e. The molecule has 0 fully saturated rings. The Morgan fingerprint density at radius 1 is 1.38 bits per heavy atom. The van der Waals surface area contributed by atoms with Crippen LogP contribution in [0.5, 0.6) is 0 Å². The summed E-state index contributed by atoms with van der Waals surface area (Å²) in [7, 11) is 1.95. The minimum atomic E-state index is 0.0196. The molecule has 0 amide bonds. The molecular weight excluding hydrogens is 304 g/mol. The van der Waals surface area contributed by atoms with Gasteiger partial charge in [0.1, 0.15) is 9.56 Å². The van der Waals surface area contributed by atoms with Crippen LogP contribution in [0.3, 0.4) is 0 Å². The van der Waals surface area contributed by atoms with Crippen molar-refractivity contribution in [1.29, 1.82) is 0 Å². The fraction of sp³-hybridized carbons (Fsp3) is 0.267. The van der Waals surface area contributed by atoms with Gasteiger partial charge in [0.15, 0.2) is 0 Å². The summed E-state index contributed by atoms with van der Waals surface area (Å²) in [4.78, 5) is 15.6. The van der Waals surface area contributed by atoms with E-state index in [0.717, 1.165) is 30.4 Å². The van der Waals surface area contributed by atoms with Gasteiger partial charge in [0.25, 0.3) is 5.56 Å². The van der Waals surface area contributed by atoms with Gasteiger partial charge < -0.3 is 10.0 Å². The molecule has 0 radical (unpaired) electrons. The lowest BCUT2D eigenvalue weighted by Gasteiger charge is -2.13. The van der Waals surface area contributed by atoms with E-state index in [4.69, 9.17) is 0 Å². The van der Waals surface area contributed by atoms with Crippen molar-refractivity contribution >= 4 is 40.4 Å². The van der Waals surface area contributed by atoms with Gasteiger partial charge in [0.05, 0.1) is 17.0 Å². The standard InChI is InChI=1S/C15H16N2O2S2/c1-4-17-9(2)20-13(14(17)19)15-16(3)11-7-10(8-18)5-6-12(11)21-15/h5-7,18H,2,4,8H2,1,3H3/b15-13-. The molecular formula is C15H16N2O2S2. The van der Waals surface area contributed by atoms with Gasteiger partial charge >= 0.3 is 0 Å². The number of aliphatic hydroxyl groups is 1. The lowest BCUT2D eigenvalue weighted by Crippen LogP contribution is -2.33. The van der Waals surface area contributed by atoms with E-state index >= 15 is 0 Å². The third kappa shape index (κ3) is 2.23. The fourth-order valence-corrected chi connectivity index (χ4v) is 4.69. The van der Waals surface area contributed by atoms with Crippen LogP contribution in [0.4, 0.5) is 5.69 Å². The van der Waals surface area contributed by atoms with Crippen LogP contribution >= 0.6 is 23.1 Å². The van der Waals surface area contributed by atoms with Crippen molar-refractivity contribution in [2.24, 2.45) is 0 Å². The average molecular weight is 320 g/mol. The second-order valence-corrected chi connectivity index (χ2v) is 6.92. The first-order valence-electron chi connectivity index (χ1n) is 6.65. The third-order valence-electron chi connectivity index (χ3n) is 3.55. The lowest BCUT2D eigenvalue weighted by atomic mass is 10.2. The number of anilines is 1. The molecule has 1 aromatic carbocycles. The van der Waals surface area contributed by atoms with Gasteiger partial charge in [-0.25, -0.2) is 0 Å². The summed E-state index contributed by atoms with van der Waals surface area (Å²) in [5.41, 5.74) is 1.93. The number of aromatic nitrogens is 1. The minimum absolute atomic E-state index is 0.0196. The van der Waals surface area contributed by atoms with E-state index in [2.05, 4.69) is 6.58 Å². The zero-order chi connectivity index (χ0) is 15.1. The smallest absolute Gasteiger partial charge is 0.271 e. The van der Waals surface area contributed by atoms with Crippen molar-refractivity contribution in [2.45, 2.75) is 25.0 Å². The Labute approximate surface area is 130 Å². The summed E-state index contributed by atoms with van der Waals surface area (Å²) >= 11 is 3.03. The van der Waals surface area contributed by atoms with Crippen molar-refractivity contribution in [3.63, 3.8) is 0 Å².